The Hall–Kier alpha value is -1.86. The van der Waals surface area contributed by atoms with E-state index >= 15 is 0 Å². The summed E-state index contributed by atoms with van der Waals surface area (Å²) in [6, 6.07) is 8.56. The van der Waals surface area contributed by atoms with E-state index in [0.717, 1.165) is 6.08 Å². The number of allylic oxidation sites excluding steroid dienone is 1. The SMILES string of the molecule is COCO[C@H](c1ccccc1)C(/C=C\C(F)(F)F)OC(=O)C(C)(C)C. The van der Waals surface area contributed by atoms with E-state index in [4.69, 9.17) is 14.2 Å². The highest BCUT2D eigenvalue weighted by Gasteiger charge is 2.32. The quantitative estimate of drug-likeness (QED) is 0.410. The number of hydrogen-bond acceptors (Lipinski definition) is 4. The van der Waals surface area contributed by atoms with Crippen molar-refractivity contribution in [1.82, 2.24) is 0 Å². The van der Waals surface area contributed by atoms with Crippen LogP contribution >= 0.6 is 0 Å². The van der Waals surface area contributed by atoms with E-state index in [0.29, 0.717) is 5.56 Å². The second-order valence-corrected chi connectivity index (χ2v) is 6.43. The molecule has 0 aliphatic carbocycles. The van der Waals surface area contributed by atoms with E-state index in [1.54, 1.807) is 51.1 Å². The van der Waals surface area contributed by atoms with Gasteiger partial charge in [-0.25, -0.2) is 0 Å². The Bertz CT molecular complexity index is 562. The average Bonchev–Trinajstić information content (AvgIpc) is 2.51. The largest absolute Gasteiger partial charge is 0.455 e. The minimum absolute atomic E-state index is 0.0414. The molecule has 1 rings (SSSR count). The van der Waals surface area contributed by atoms with Crippen molar-refractivity contribution in [2.45, 2.75) is 39.2 Å². The van der Waals surface area contributed by atoms with Crippen LogP contribution in [0.3, 0.4) is 0 Å². The summed E-state index contributed by atoms with van der Waals surface area (Å²) in [5.74, 6) is -0.633. The number of alkyl halides is 3. The normalized spacial score (nSPS) is 15.2. The average molecular weight is 360 g/mol. The molecule has 1 unspecified atom stereocenters. The summed E-state index contributed by atoms with van der Waals surface area (Å²) in [4.78, 5) is 12.2. The monoisotopic (exact) mass is 360 g/mol. The molecule has 0 fully saturated rings. The van der Waals surface area contributed by atoms with Gasteiger partial charge in [-0.15, -0.1) is 0 Å². The summed E-state index contributed by atoms with van der Waals surface area (Å²) in [5, 5.41) is 0. The molecule has 0 aromatic heterocycles. The molecule has 0 saturated carbocycles. The maximum absolute atomic E-state index is 12.6. The summed E-state index contributed by atoms with van der Waals surface area (Å²) < 4.78 is 53.5. The van der Waals surface area contributed by atoms with Gasteiger partial charge in [-0.05, 0) is 32.4 Å². The highest BCUT2D eigenvalue weighted by molar-refractivity contribution is 5.75. The number of hydrogen-bond donors (Lipinski definition) is 0. The van der Waals surface area contributed by atoms with Crippen LogP contribution in [-0.2, 0) is 19.0 Å². The molecule has 140 valence electrons. The van der Waals surface area contributed by atoms with Gasteiger partial charge in [0.15, 0.2) is 6.10 Å². The topological polar surface area (TPSA) is 44.8 Å². The van der Waals surface area contributed by atoms with E-state index in [1.807, 2.05) is 0 Å². The number of ether oxygens (including phenoxy) is 3. The minimum atomic E-state index is -4.53. The lowest BCUT2D eigenvalue weighted by Crippen LogP contribution is -2.32. The van der Waals surface area contributed by atoms with Crippen LogP contribution in [0, 0.1) is 5.41 Å². The second-order valence-electron chi connectivity index (χ2n) is 6.43. The number of rotatable bonds is 7. The van der Waals surface area contributed by atoms with E-state index in [2.05, 4.69) is 0 Å². The Labute approximate surface area is 145 Å². The first kappa shape index (κ1) is 21.2. The molecule has 0 heterocycles. The third kappa shape index (κ3) is 7.70. The highest BCUT2D eigenvalue weighted by atomic mass is 19.4. The maximum Gasteiger partial charge on any atom is 0.409 e. The number of carbonyl (C=O) groups excluding carboxylic acids is 1. The van der Waals surface area contributed by atoms with Crippen molar-refractivity contribution in [3.05, 3.63) is 48.0 Å². The number of benzene rings is 1. The molecule has 0 radical (unpaired) electrons. The molecule has 0 amide bonds. The van der Waals surface area contributed by atoms with Crippen LogP contribution in [0.4, 0.5) is 13.2 Å². The summed E-state index contributed by atoms with van der Waals surface area (Å²) in [5.41, 5.74) is -0.301. The van der Waals surface area contributed by atoms with Gasteiger partial charge in [0, 0.05) is 13.2 Å². The van der Waals surface area contributed by atoms with Crippen molar-refractivity contribution in [2.75, 3.05) is 13.9 Å². The predicted molar refractivity (Wildman–Crippen MR) is 86.7 cm³/mol. The van der Waals surface area contributed by atoms with Crippen molar-refractivity contribution < 1.29 is 32.2 Å². The molecule has 7 heteroatoms. The van der Waals surface area contributed by atoms with Crippen molar-refractivity contribution in [2.24, 2.45) is 5.41 Å². The Morgan fingerprint density at radius 2 is 1.76 bits per heavy atom. The number of carbonyl (C=O) groups is 1. The predicted octanol–water partition coefficient (Wildman–Crippen LogP) is 4.42. The Morgan fingerprint density at radius 3 is 2.24 bits per heavy atom. The molecule has 0 spiro atoms. The molecule has 1 aromatic rings. The summed E-state index contributed by atoms with van der Waals surface area (Å²) >= 11 is 0. The molecule has 0 aliphatic rings. The molecule has 0 N–H and O–H groups in total. The lowest BCUT2D eigenvalue weighted by Gasteiger charge is -2.28. The van der Waals surface area contributed by atoms with Gasteiger partial charge in [0.25, 0.3) is 0 Å². The van der Waals surface area contributed by atoms with Crippen LogP contribution in [0.5, 0.6) is 0 Å². The standard InChI is InChI=1S/C18H23F3O4/c1-17(2,3)16(22)25-14(10-11-18(19,20)21)15(24-12-23-4)13-8-6-5-7-9-13/h5-11,14-15H,12H2,1-4H3/b11-10-/t14?,15-/m1/s1. The van der Waals surface area contributed by atoms with E-state index in [9.17, 15) is 18.0 Å². The smallest absolute Gasteiger partial charge is 0.409 e. The molecular formula is C18H23F3O4. The van der Waals surface area contributed by atoms with Gasteiger partial charge >= 0.3 is 12.1 Å². The van der Waals surface area contributed by atoms with Crippen LogP contribution in [-0.4, -0.2) is 32.2 Å². The molecule has 4 nitrogen and oxygen atoms in total. The maximum atomic E-state index is 12.6. The molecule has 1 aromatic carbocycles. The highest BCUT2D eigenvalue weighted by Crippen LogP contribution is 2.29. The van der Waals surface area contributed by atoms with Gasteiger partial charge in [0.05, 0.1) is 5.41 Å². The van der Waals surface area contributed by atoms with E-state index in [-0.39, 0.29) is 12.9 Å². The molecule has 0 saturated heterocycles. The first-order valence-electron chi connectivity index (χ1n) is 7.67. The van der Waals surface area contributed by atoms with Gasteiger partial charge < -0.3 is 14.2 Å². The van der Waals surface area contributed by atoms with Crippen molar-refractivity contribution in [1.29, 1.82) is 0 Å². The van der Waals surface area contributed by atoms with Crippen LogP contribution in [0.25, 0.3) is 0 Å². The molecule has 0 bridgehead atoms. The Morgan fingerprint density at radius 1 is 1.16 bits per heavy atom. The number of halogens is 3. The van der Waals surface area contributed by atoms with Crippen molar-refractivity contribution in [3.8, 4) is 0 Å². The van der Waals surface area contributed by atoms with Crippen LogP contribution in [0.2, 0.25) is 0 Å². The van der Waals surface area contributed by atoms with Crippen molar-refractivity contribution >= 4 is 5.97 Å². The first-order chi connectivity index (χ1) is 11.5. The number of esters is 1. The first-order valence-corrected chi connectivity index (χ1v) is 7.67. The Kier molecular flexibility index (Phi) is 7.63. The molecular weight excluding hydrogens is 337 g/mol. The Balaban J connectivity index is 3.18. The molecule has 0 aliphatic heterocycles. The molecule has 25 heavy (non-hydrogen) atoms. The fraction of sp³-hybridized carbons (Fsp3) is 0.500. The third-order valence-electron chi connectivity index (χ3n) is 3.12. The van der Waals surface area contributed by atoms with Gasteiger partial charge in [-0.2, -0.15) is 13.2 Å². The third-order valence-corrected chi connectivity index (χ3v) is 3.12. The van der Waals surface area contributed by atoms with E-state index in [1.165, 1.54) is 7.11 Å². The van der Waals surface area contributed by atoms with Gasteiger partial charge in [-0.3, -0.25) is 4.79 Å². The summed E-state index contributed by atoms with van der Waals surface area (Å²) in [6.45, 7) is 4.69. The van der Waals surface area contributed by atoms with E-state index < -0.39 is 29.8 Å². The zero-order valence-corrected chi connectivity index (χ0v) is 14.7. The number of methoxy groups -OCH3 is 1. The van der Waals surface area contributed by atoms with Gasteiger partial charge in [0.2, 0.25) is 0 Å². The summed E-state index contributed by atoms with van der Waals surface area (Å²) in [7, 11) is 1.39. The lowest BCUT2D eigenvalue weighted by molar-refractivity contribution is -0.169. The zero-order chi connectivity index (χ0) is 19.1. The second kappa shape index (κ2) is 9.01. The van der Waals surface area contributed by atoms with Crippen molar-refractivity contribution in [3.63, 3.8) is 0 Å². The summed E-state index contributed by atoms with van der Waals surface area (Å²) in [6.07, 6.45) is -5.90. The lowest BCUT2D eigenvalue weighted by atomic mass is 9.96. The zero-order valence-electron chi connectivity index (χ0n) is 14.7. The van der Waals surface area contributed by atoms with Crippen LogP contribution < -0.4 is 0 Å². The van der Waals surface area contributed by atoms with Crippen LogP contribution in [0.1, 0.15) is 32.4 Å². The van der Waals surface area contributed by atoms with Gasteiger partial charge in [0.1, 0.15) is 12.9 Å². The molecule has 2 atom stereocenters. The fourth-order valence-corrected chi connectivity index (χ4v) is 1.87. The van der Waals surface area contributed by atoms with Crippen LogP contribution in [0.15, 0.2) is 42.5 Å². The fourth-order valence-electron chi connectivity index (χ4n) is 1.87. The van der Waals surface area contributed by atoms with Gasteiger partial charge in [-0.1, -0.05) is 30.3 Å². The minimum Gasteiger partial charge on any atom is -0.455 e.